The predicted molar refractivity (Wildman–Crippen MR) is 74.0 cm³/mol. The minimum Gasteiger partial charge on any atom is -0.369 e. The lowest BCUT2D eigenvalue weighted by molar-refractivity contribution is -0.145. The van der Waals surface area contributed by atoms with Gasteiger partial charge in [0.25, 0.3) is 0 Å². The minimum absolute atomic E-state index is 0.0135. The Morgan fingerprint density at radius 3 is 2.86 bits per heavy atom. The molecular formula is C14H20N4O3. The average molecular weight is 292 g/mol. The van der Waals surface area contributed by atoms with Crippen LogP contribution in [0.4, 0.5) is 0 Å². The molecule has 1 aromatic rings. The number of aryl methyl sites for hydroxylation is 1. The first-order valence-corrected chi connectivity index (χ1v) is 7.19. The molecule has 2 aliphatic rings. The molecule has 7 heteroatoms. The van der Waals surface area contributed by atoms with E-state index in [1.165, 1.54) is 0 Å². The Balaban J connectivity index is 1.80. The van der Waals surface area contributed by atoms with Crippen LogP contribution in [-0.2, 0) is 21.4 Å². The van der Waals surface area contributed by atoms with E-state index in [4.69, 9.17) is 4.74 Å². The summed E-state index contributed by atoms with van der Waals surface area (Å²) in [5, 5.41) is 0. The molecule has 2 amide bonds. The molecule has 7 nitrogen and oxygen atoms in total. The third-order valence-electron chi connectivity index (χ3n) is 4.20. The zero-order chi connectivity index (χ0) is 15.0. The van der Waals surface area contributed by atoms with Crippen molar-refractivity contribution in [2.24, 2.45) is 13.0 Å². The van der Waals surface area contributed by atoms with Gasteiger partial charge < -0.3 is 19.1 Å². The number of rotatable bonds is 2. The van der Waals surface area contributed by atoms with Crippen LogP contribution >= 0.6 is 0 Å². The number of carbonyl (C=O) groups excluding carboxylic acids is 2. The molecule has 0 aliphatic carbocycles. The fourth-order valence-corrected chi connectivity index (χ4v) is 2.99. The van der Waals surface area contributed by atoms with E-state index in [0.29, 0.717) is 13.3 Å². The van der Waals surface area contributed by atoms with Gasteiger partial charge in [-0.3, -0.25) is 9.59 Å². The van der Waals surface area contributed by atoms with Crippen molar-refractivity contribution in [2.45, 2.75) is 18.9 Å². The van der Waals surface area contributed by atoms with Crippen LogP contribution in [0.2, 0.25) is 0 Å². The first kappa shape index (κ1) is 14.1. The Labute approximate surface area is 123 Å². The normalized spacial score (nSPS) is 26.5. The van der Waals surface area contributed by atoms with Gasteiger partial charge in [0.2, 0.25) is 11.8 Å². The zero-order valence-electron chi connectivity index (χ0n) is 12.4. The Hall–Kier alpha value is -1.89. The molecule has 0 saturated carbocycles. The number of imidazole rings is 1. The number of carbonyl (C=O) groups is 2. The number of hydrogen-bond acceptors (Lipinski definition) is 4. The highest BCUT2D eigenvalue weighted by molar-refractivity contribution is 5.88. The summed E-state index contributed by atoms with van der Waals surface area (Å²) in [6.07, 6.45) is 4.86. The molecule has 114 valence electrons. The van der Waals surface area contributed by atoms with Gasteiger partial charge in [-0.25, -0.2) is 4.98 Å². The molecule has 0 spiro atoms. The van der Waals surface area contributed by atoms with Crippen LogP contribution in [0.1, 0.15) is 24.8 Å². The number of hydrogen-bond donors (Lipinski definition) is 0. The topological polar surface area (TPSA) is 67.7 Å². The van der Waals surface area contributed by atoms with Gasteiger partial charge >= 0.3 is 0 Å². The van der Waals surface area contributed by atoms with Crippen molar-refractivity contribution in [3.63, 3.8) is 0 Å². The fourth-order valence-electron chi connectivity index (χ4n) is 2.99. The molecule has 21 heavy (non-hydrogen) atoms. The Morgan fingerprint density at radius 2 is 2.24 bits per heavy atom. The van der Waals surface area contributed by atoms with Crippen LogP contribution in [-0.4, -0.2) is 58.0 Å². The zero-order valence-corrected chi connectivity index (χ0v) is 12.4. The van der Waals surface area contributed by atoms with Crippen molar-refractivity contribution in [3.8, 4) is 0 Å². The van der Waals surface area contributed by atoms with E-state index in [-0.39, 0.29) is 30.4 Å². The molecule has 2 aliphatic heterocycles. The van der Waals surface area contributed by atoms with Crippen LogP contribution in [0.5, 0.6) is 0 Å². The lowest BCUT2D eigenvalue weighted by atomic mass is 9.92. The molecule has 1 aromatic heterocycles. The molecule has 0 unspecified atom stereocenters. The summed E-state index contributed by atoms with van der Waals surface area (Å²) < 4.78 is 7.71. The number of nitrogens with zero attached hydrogens (tertiary/aromatic N) is 4. The molecule has 2 fully saturated rings. The van der Waals surface area contributed by atoms with E-state index in [0.717, 1.165) is 18.7 Å². The standard InChI is InChI=1S/C14H20N4O3/c1-16-6-5-15-13(16)12-10(4-3-7-21-12)14(20)18-8-11(19)17(2)9-18/h5-6,10,12H,3-4,7-9H2,1-2H3/t10-,12-/m1/s1. The van der Waals surface area contributed by atoms with Crippen molar-refractivity contribution >= 4 is 11.8 Å². The maximum atomic E-state index is 12.7. The van der Waals surface area contributed by atoms with Gasteiger partial charge in [-0.05, 0) is 12.8 Å². The summed E-state index contributed by atoms with van der Waals surface area (Å²) >= 11 is 0. The quantitative estimate of drug-likeness (QED) is 0.778. The summed E-state index contributed by atoms with van der Waals surface area (Å²) in [5.74, 6) is 0.472. The molecule has 3 rings (SSSR count). The highest BCUT2D eigenvalue weighted by atomic mass is 16.5. The van der Waals surface area contributed by atoms with Gasteiger partial charge in [-0.2, -0.15) is 0 Å². The van der Waals surface area contributed by atoms with Crippen LogP contribution in [0.3, 0.4) is 0 Å². The largest absolute Gasteiger partial charge is 0.369 e. The first-order chi connectivity index (χ1) is 10.1. The van der Waals surface area contributed by atoms with E-state index in [9.17, 15) is 9.59 Å². The summed E-state index contributed by atoms with van der Waals surface area (Å²) in [6, 6.07) is 0. The smallest absolute Gasteiger partial charge is 0.243 e. The highest BCUT2D eigenvalue weighted by Gasteiger charge is 2.40. The van der Waals surface area contributed by atoms with Crippen molar-refractivity contribution in [1.82, 2.24) is 19.4 Å². The third kappa shape index (κ3) is 2.53. The maximum absolute atomic E-state index is 12.7. The van der Waals surface area contributed by atoms with E-state index in [2.05, 4.69) is 4.98 Å². The second-order valence-electron chi connectivity index (χ2n) is 5.71. The summed E-state index contributed by atoms with van der Waals surface area (Å²) in [7, 11) is 3.61. The van der Waals surface area contributed by atoms with Gasteiger partial charge in [0.15, 0.2) is 0 Å². The molecule has 0 aromatic carbocycles. The number of amides is 2. The summed E-state index contributed by atoms with van der Waals surface area (Å²) in [4.78, 5) is 31.9. The first-order valence-electron chi connectivity index (χ1n) is 7.19. The second kappa shape index (κ2) is 5.48. The predicted octanol–water partition coefficient (Wildman–Crippen LogP) is 0.146. The van der Waals surface area contributed by atoms with Gasteiger partial charge in [0.1, 0.15) is 18.5 Å². The lowest BCUT2D eigenvalue weighted by Gasteiger charge is -2.32. The Kier molecular flexibility index (Phi) is 3.67. The highest BCUT2D eigenvalue weighted by Crippen LogP contribution is 2.34. The van der Waals surface area contributed by atoms with Crippen LogP contribution in [0.25, 0.3) is 0 Å². The molecule has 0 N–H and O–H groups in total. The second-order valence-corrected chi connectivity index (χ2v) is 5.71. The average Bonchev–Trinajstić information content (AvgIpc) is 3.05. The SMILES string of the molecule is CN1CN(C(=O)[C@@H]2CCCO[C@H]2c2nccn2C)CC1=O. The molecular weight excluding hydrogens is 272 g/mol. The minimum atomic E-state index is -0.327. The van der Waals surface area contributed by atoms with Gasteiger partial charge in [0.05, 0.1) is 12.6 Å². The molecule has 2 atom stereocenters. The number of ether oxygens (including phenoxy) is 1. The fraction of sp³-hybridized carbons (Fsp3) is 0.643. The van der Waals surface area contributed by atoms with Gasteiger partial charge in [-0.15, -0.1) is 0 Å². The maximum Gasteiger partial charge on any atom is 0.243 e. The van der Waals surface area contributed by atoms with E-state index in [1.807, 2.05) is 17.8 Å². The van der Waals surface area contributed by atoms with Crippen molar-refractivity contribution in [3.05, 3.63) is 18.2 Å². The van der Waals surface area contributed by atoms with Crippen LogP contribution < -0.4 is 0 Å². The Morgan fingerprint density at radius 1 is 1.43 bits per heavy atom. The van der Waals surface area contributed by atoms with Crippen LogP contribution in [0.15, 0.2) is 12.4 Å². The van der Waals surface area contributed by atoms with Crippen molar-refractivity contribution in [1.29, 1.82) is 0 Å². The van der Waals surface area contributed by atoms with Gasteiger partial charge in [-0.1, -0.05) is 0 Å². The van der Waals surface area contributed by atoms with Crippen molar-refractivity contribution in [2.75, 3.05) is 26.9 Å². The van der Waals surface area contributed by atoms with Crippen LogP contribution in [0, 0.1) is 5.92 Å². The molecule has 3 heterocycles. The van der Waals surface area contributed by atoms with E-state index < -0.39 is 0 Å². The lowest BCUT2D eigenvalue weighted by Crippen LogP contribution is -2.41. The monoisotopic (exact) mass is 292 g/mol. The summed E-state index contributed by atoms with van der Waals surface area (Å²) in [5.41, 5.74) is 0. The molecule has 0 radical (unpaired) electrons. The van der Waals surface area contributed by atoms with Crippen molar-refractivity contribution < 1.29 is 14.3 Å². The molecule has 0 bridgehead atoms. The van der Waals surface area contributed by atoms with Gasteiger partial charge in [0, 0.05) is 33.1 Å². The molecule has 2 saturated heterocycles. The number of likely N-dealkylation sites (N-methyl/N-ethyl adjacent to an activating group) is 1. The summed E-state index contributed by atoms with van der Waals surface area (Å²) in [6.45, 7) is 1.17. The van der Waals surface area contributed by atoms with E-state index in [1.54, 1.807) is 23.0 Å². The number of aromatic nitrogens is 2. The van der Waals surface area contributed by atoms with E-state index >= 15 is 0 Å². The Bertz CT molecular complexity index is 556. The third-order valence-corrected chi connectivity index (χ3v) is 4.20.